The summed E-state index contributed by atoms with van der Waals surface area (Å²) >= 11 is 0. The lowest BCUT2D eigenvalue weighted by Crippen LogP contribution is -1.99. The first kappa shape index (κ1) is 6.59. The SMILES string of the molecule is CCC1C(C)C1C(=O)O. The third-order valence-corrected chi connectivity index (χ3v) is 2.32. The second kappa shape index (κ2) is 2.01. The maximum atomic E-state index is 10.3. The molecule has 0 saturated heterocycles. The van der Waals surface area contributed by atoms with Crippen molar-refractivity contribution in [2.45, 2.75) is 20.3 Å². The Balaban J connectivity index is 2.42. The van der Waals surface area contributed by atoms with Gasteiger partial charge in [-0.2, -0.15) is 0 Å². The van der Waals surface area contributed by atoms with E-state index >= 15 is 0 Å². The van der Waals surface area contributed by atoms with Crippen molar-refractivity contribution in [2.75, 3.05) is 0 Å². The Labute approximate surface area is 54.9 Å². The molecule has 0 aromatic carbocycles. The summed E-state index contributed by atoms with van der Waals surface area (Å²) in [4.78, 5) is 10.3. The molecular weight excluding hydrogens is 116 g/mol. The molecule has 2 nitrogen and oxygen atoms in total. The van der Waals surface area contributed by atoms with Crippen LogP contribution < -0.4 is 0 Å². The van der Waals surface area contributed by atoms with Gasteiger partial charge in [-0.25, -0.2) is 0 Å². The highest BCUT2D eigenvalue weighted by atomic mass is 16.4. The summed E-state index contributed by atoms with van der Waals surface area (Å²) in [6.45, 7) is 4.05. The number of carboxylic acid groups (broad SMARTS) is 1. The molecule has 1 saturated carbocycles. The lowest BCUT2D eigenvalue weighted by atomic mass is 10.2. The summed E-state index contributed by atoms with van der Waals surface area (Å²) in [5.41, 5.74) is 0. The van der Waals surface area contributed by atoms with Crippen LogP contribution in [0, 0.1) is 17.8 Å². The van der Waals surface area contributed by atoms with E-state index in [1.807, 2.05) is 13.8 Å². The van der Waals surface area contributed by atoms with Crippen molar-refractivity contribution in [1.29, 1.82) is 0 Å². The molecule has 1 fully saturated rings. The van der Waals surface area contributed by atoms with E-state index in [9.17, 15) is 4.79 Å². The van der Waals surface area contributed by atoms with Gasteiger partial charge in [0.1, 0.15) is 0 Å². The summed E-state index contributed by atoms with van der Waals surface area (Å²) < 4.78 is 0. The standard InChI is InChI=1S/C7H12O2/c1-3-5-4(2)6(5)7(8)9/h4-6H,3H2,1-2H3,(H,8,9). The second-order valence-corrected chi connectivity index (χ2v) is 2.80. The van der Waals surface area contributed by atoms with E-state index in [0.717, 1.165) is 6.42 Å². The molecule has 9 heavy (non-hydrogen) atoms. The fraction of sp³-hybridized carbons (Fsp3) is 0.857. The fourth-order valence-corrected chi connectivity index (χ4v) is 1.58. The van der Waals surface area contributed by atoms with Crippen molar-refractivity contribution in [3.8, 4) is 0 Å². The van der Waals surface area contributed by atoms with Gasteiger partial charge in [-0.15, -0.1) is 0 Å². The Bertz CT molecular complexity index is 131. The highest BCUT2D eigenvalue weighted by molar-refractivity contribution is 5.74. The van der Waals surface area contributed by atoms with Crippen LogP contribution in [0.2, 0.25) is 0 Å². The molecule has 0 aromatic heterocycles. The predicted molar refractivity (Wildman–Crippen MR) is 34.1 cm³/mol. The molecule has 1 N–H and O–H groups in total. The van der Waals surface area contributed by atoms with Crippen molar-refractivity contribution in [3.05, 3.63) is 0 Å². The summed E-state index contributed by atoms with van der Waals surface area (Å²) in [7, 11) is 0. The van der Waals surface area contributed by atoms with Crippen LogP contribution >= 0.6 is 0 Å². The Hall–Kier alpha value is -0.530. The van der Waals surface area contributed by atoms with Gasteiger partial charge in [0.15, 0.2) is 0 Å². The Kier molecular flexibility index (Phi) is 1.47. The van der Waals surface area contributed by atoms with Crippen molar-refractivity contribution in [3.63, 3.8) is 0 Å². The molecule has 0 radical (unpaired) electrons. The van der Waals surface area contributed by atoms with E-state index in [1.54, 1.807) is 0 Å². The summed E-state index contributed by atoms with van der Waals surface area (Å²) in [6, 6.07) is 0. The van der Waals surface area contributed by atoms with E-state index < -0.39 is 5.97 Å². The van der Waals surface area contributed by atoms with Crippen LogP contribution in [0.5, 0.6) is 0 Å². The third kappa shape index (κ3) is 0.934. The normalized spacial score (nSPS) is 40.4. The van der Waals surface area contributed by atoms with Gasteiger partial charge in [0.05, 0.1) is 5.92 Å². The van der Waals surface area contributed by atoms with Crippen LogP contribution in [0.15, 0.2) is 0 Å². The topological polar surface area (TPSA) is 37.3 Å². The summed E-state index contributed by atoms with van der Waals surface area (Å²) in [5, 5.41) is 8.53. The zero-order valence-electron chi connectivity index (χ0n) is 5.79. The monoisotopic (exact) mass is 128 g/mol. The maximum absolute atomic E-state index is 10.3. The summed E-state index contributed by atoms with van der Waals surface area (Å²) in [5.74, 6) is 0.236. The molecule has 1 aliphatic carbocycles. The number of carbonyl (C=O) groups is 1. The maximum Gasteiger partial charge on any atom is 0.307 e. The summed E-state index contributed by atoms with van der Waals surface area (Å²) in [6.07, 6.45) is 1.01. The van der Waals surface area contributed by atoms with Gasteiger partial charge < -0.3 is 5.11 Å². The highest BCUT2D eigenvalue weighted by Crippen LogP contribution is 2.47. The first-order chi connectivity index (χ1) is 4.18. The molecule has 0 aromatic rings. The van der Waals surface area contributed by atoms with Gasteiger partial charge in [0.2, 0.25) is 0 Å². The fourth-order valence-electron chi connectivity index (χ4n) is 1.58. The second-order valence-electron chi connectivity index (χ2n) is 2.80. The van der Waals surface area contributed by atoms with Crippen LogP contribution in [0.3, 0.4) is 0 Å². The molecule has 3 unspecified atom stereocenters. The molecule has 2 heteroatoms. The molecule has 0 heterocycles. The number of hydrogen-bond acceptors (Lipinski definition) is 1. The molecule has 1 aliphatic rings. The molecular formula is C7H12O2. The minimum atomic E-state index is -0.616. The Morgan fingerprint density at radius 2 is 2.22 bits per heavy atom. The van der Waals surface area contributed by atoms with Crippen molar-refractivity contribution < 1.29 is 9.90 Å². The molecule has 0 bridgehead atoms. The number of rotatable bonds is 2. The van der Waals surface area contributed by atoms with Gasteiger partial charge in [0, 0.05) is 0 Å². The zero-order chi connectivity index (χ0) is 7.02. The first-order valence-corrected chi connectivity index (χ1v) is 3.41. The lowest BCUT2D eigenvalue weighted by Gasteiger charge is -1.84. The lowest BCUT2D eigenvalue weighted by molar-refractivity contribution is -0.139. The Morgan fingerprint density at radius 3 is 2.33 bits per heavy atom. The molecule has 3 atom stereocenters. The largest absolute Gasteiger partial charge is 0.481 e. The number of carboxylic acids is 1. The minimum Gasteiger partial charge on any atom is -0.481 e. The Morgan fingerprint density at radius 1 is 1.67 bits per heavy atom. The smallest absolute Gasteiger partial charge is 0.307 e. The van der Waals surface area contributed by atoms with E-state index in [0.29, 0.717) is 11.8 Å². The molecule has 0 aliphatic heterocycles. The van der Waals surface area contributed by atoms with Crippen LogP contribution in [0.1, 0.15) is 20.3 Å². The van der Waals surface area contributed by atoms with Crippen LogP contribution in [-0.2, 0) is 4.79 Å². The number of hydrogen-bond donors (Lipinski definition) is 1. The molecule has 1 rings (SSSR count). The van der Waals surface area contributed by atoms with E-state index in [2.05, 4.69) is 0 Å². The van der Waals surface area contributed by atoms with Gasteiger partial charge >= 0.3 is 5.97 Å². The van der Waals surface area contributed by atoms with Gasteiger partial charge in [-0.3, -0.25) is 4.79 Å². The van der Waals surface area contributed by atoms with Crippen molar-refractivity contribution in [1.82, 2.24) is 0 Å². The van der Waals surface area contributed by atoms with Gasteiger partial charge in [0.25, 0.3) is 0 Å². The van der Waals surface area contributed by atoms with Crippen molar-refractivity contribution >= 4 is 5.97 Å². The van der Waals surface area contributed by atoms with Crippen molar-refractivity contribution in [2.24, 2.45) is 17.8 Å². The number of aliphatic carboxylic acids is 1. The predicted octanol–water partition coefficient (Wildman–Crippen LogP) is 1.36. The van der Waals surface area contributed by atoms with Crippen LogP contribution in [0.25, 0.3) is 0 Å². The average molecular weight is 128 g/mol. The molecule has 52 valence electrons. The van der Waals surface area contributed by atoms with E-state index in [4.69, 9.17) is 5.11 Å². The third-order valence-electron chi connectivity index (χ3n) is 2.32. The molecule has 0 spiro atoms. The minimum absolute atomic E-state index is 0.0324. The van der Waals surface area contributed by atoms with Crippen LogP contribution in [-0.4, -0.2) is 11.1 Å². The highest BCUT2D eigenvalue weighted by Gasteiger charge is 2.50. The van der Waals surface area contributed by atoms with E-state index in [1.165, 1.54) is 0 Å². The van der Waals surface area contributed by atoms with E-state index in [-0.39, 0.29) is 5.92 Å². The van der Waals surface area contributed by atoms with Gasteiger partial charge in [-0.05, 0) is 11.8 Å². The average Bonchev–Trinajstić information content (AvgIpc) is 2.40. The van der Waals surface area contributed by atoms with Gasteiger partial charge in [-0.1, -0.05) is 20.3 Å². The molecule has 0 amide bonds. The zero-order valence-corrected chi connectivity index (χ0v) is 5.79. The van der Waals surface area contributed by atoms with Crippen LogP contribution in [0.4, 0.5) is 0 Å². The first-order valence-electron chi connectivity index (χ1n) is 3.41. The quantitative estimate of drug-likeness (QED) is 0.609.